The molecule has 2 aromatic rings. The number of hydrogen-bond acceptors (Lipinski definition) is 1. The van der Waals surface area contributed by atoms with Crippen LogP contribution in [0.15, 0.2) is 33.5 Å². The van der Waals surface area contributed by atoms with Gasteiger partial charge in [0.05, 0.1) is 5.52 Å². The first-order valence-corrected chi connectivity index (χ1v) is 5.82. The third-order valence-electron chi connectivity index (χ3n) is 2.39. The van der Waals surface area contributed by atoms with Crippen LogP contribution in [0.2, 0.25) is 0 Å². The zero-order valence-electron chi connectivity index (χ0n) is 8.51. The molecule has 0 saturated heterocycles. The lowest BCUT2D eigenvalue weighted by molar-refractivity contribution is 0.888. The second kappa shape index (κ2) is 4.19. The summed E-state index contributed by atoms with van der Waals surface area (Å²) in [5.74, 6) is 0. The van der Waals surface area contributed by atoms with Crippen LogP contribution < -0.4 is 5.43 Å². The highest BCUT2D eigenvalue weighted by Gasteiger charge is 2.03. The topological polar surface area (TPSA) is 32.9 Å². The van der Waals surface area contributed by atoms with Gasteiger partial charge in [-0.05, 0) is 34.5 Å². The number of pyridine rings is 1. The highest BCUT2D eigenvalue weighted by molar-refractivity contribution is 9.10. The number of para-hydroxylation sites is 1. The van der Waals surface area contributed by atoms with Gasteiger partial charge in [-0.2, -0.15) is 0 Å². The fourth-order valence-corrected chi connectivity index (χ4v) is 2.16. The molecule has 0 spiro atoms. The molecule has 2 nitrogen and oxygen atoms in total. The summed E-state index contributed by atoms with van der Waals surface area (Å²) in [5.41, 5.74) is 1.99. The number of fused-ring (bicyclic) bond motifs is 1. The Kier molecular flexibility index (Phi) is 2.91. The third kappa shape index (κ3) is 1.97. The molecule has 0 saturated carbocycles. The number of nitrogens with one attached hydrogen (secondary N) is 1. The maximum atomic E-state index is 11.8. The predicted octanol–water partition coefficient (Wildman–Crippen LogP) is 3.24. The molecule has 0 aliphatic rings. The average Bonchev–Trinajstić information content (AvgIpc) is 2.20. The number of aromatic amines is 1. The monoisotopic (exact) mass is 265 g/mol. The van der Waals surface area contributed by atoms with Crippen molar-refractivity contribution in [2.45, 2.75) is 19.8 Å². The molecule has 1 N–H and O–H groups in total. The lowest BCUT2D eigenvalue weighted by Gasteiger charge is -2.04. The first-order valence-electron chi connectivity index (χ1n) is 5.03. The first-order chi connectivity index (χ1) is 7.22. The van der Waals surface area contributed by atoms with Crippen LogP contribution in [-0.4, -0.2) is 4.98 Å². The molecule has 0 atom stereocenters. The minimum Gasteiger partial charge on any atom is -0.357 e. The zero-order valence-corrected chi connectivity index (χ0v) is 10.1. The van der Waals surface area contributed by atoms with Gasteiger partial charge in [0.15, 0.2) is 5.43 Å². The van der Waals surface area contributed by atoms with Gasteiger partial charge in [0.2, 0.25) is 0 Å². The Hall–Kier alpha value is -1.09. The van der Waals surface area contributed by atoms with Crippen molar-refractivity contribution < 1.29 is 0 Å². The van der Waals surface area contributed by atoms with Gasteiger partial charge < -0.3 is 4.98 Å². The fraction of sp³-hybridized carbons (Fsp3) is 0.250. The highest BCUT2D eigenvalue weighted by Crippen LogP contribution is 2.19. The molecule has 0 unspecified atom stereocenters. The Morgan fingerprint density at radius 3 is 2.93 bits per heavy atom. The van der Waals surface area contributed by atoms with Gasteiger partial charge in [-0.25, -0.2) is 0 Å². The summed E-state index contributed by atoms with van der Waals surface area (Å²) in [6.07, 6.45) is 1.94. The fourth-order valence-electron chi connectivity index (χ4n) is 1.69. The van der Waals surface area contributed by atoms with Crippen molar-refractivity contribution >= 4 is 26.8 Å². The zero-order chi connectivity index (χ0) is 10.8. The lowest BCUT2D eigenvalue weighted by atomic mass is 10.1. The smallest absolute Gasteiger partial charge is 0.189 e. The quantitative estimate of drug-likeness (QED) is 0.889. The van der Waals surface area contributed by atoms with E-state index in [9.17, 15) is 4.79 Å². The van der Waals surface area contributed by atoms with Crippen LogP contribution >= 0.6 is 15.9 Å². The molecule has 1 aromatic heterocycles. The van der Waals surface area contributed by atoms with Crippen LogP contribution in [0.3, 0.4) is 0 Å². The van der Waals surface area contributed by atoms with E-state index in [1.54, 1.807) is 6.07 Å². The number of hydrogen-bond donors (Lipinski definition) is 1. The second-order valence-corrected chi connectivity index (χ2v) is 4.43. The summed E-state index contributed by atoms with van der Waals surface area (Å²) in [7, 11) is 0. The molecular formula is C12H12BrNO. The van der Waals surface area contributed by atoms with Crippen molar-refractivity contribution in [3.05, 3.63) is 44.7 Å². The molecule has 1 aromatic carbocycles. The Morgan fingerprint density at radius 1 is 1.40 bits per heavy atom. The first kappa shape index (κ1) is 10.4. The summed E-state index contributed by atoms with van der Waals surface area (Å²) in [6.45, 7) is 2.10. The SMILES string of the molecule is CCCc1cc(=O)c2cccc(Br)c2[nH]1. The van der Waals surface area contributed by atoms with E-state index in [4.69, 9.17) is 0 Å². The van der Waals surface area contributed by atoms with Gasteiger partial charge in [0.1, 0.15) is 0 Å². The van der Waals surface area contributed by atoms with Gasteiger partial charge in [-0.1, -0.05) is 19.4 Å². The van der Waals surface area contributed by atoms with Gasteiger partial charge in [0.25, 0.3) is 0 Å². The van der Waals surface area contributed by atoms with E-state index in [-0.39, 0.29) is 5.43 Å². The molecule has 3 heteroatoms. The van der Waals surface area contributed by atoms with Crippen LogP contribution in [0.5, 0.6) is 0 Å². The van der Waals surface area contributed by atoms with Crippen LogP contribution in [0.4, 0.5) is 0 Å². The largest absolute Gasteiger partial charge is 0.357 e. The molecule has 0 fully saturated rings. The molecule has 1 heterocycles. The molecular weight excluding hydrogens is 254 g/mol. The van der Waals surface area contributed by atoms with E-state index >= 15 is 0 Å². The Balaban J connectivity index is 2.74. The van der Waals surface area contributed by atoms with Gasteiger partial charge in [0, 0.05) is 21.6 Å². The molecule has 15 heavy (non-hydrogen) atoms. The maximum Gasteiger partial charge on any atom is 0.189 e. The molecule has 0 aliphatic heterocycles. The van der Waals surface area contributed by atoms with E-state index in [0.717, 1.165) is 33.9 Å². The Morgan fingerprint density at radius 2 is 2.20 bits per heavy atom. The van der Waals surface area contributed by atoms with Crippen LogP contribution in [0, 0.1) is 0 Å². The van der Waals surface area contributed by atoms with Gasteiger partial charge in [-0.15, -0.1) is 0 Å². The summed E-state index contributed by atoms with van der Waals surface area (Å²) in [6, 6.07) is 7.35. The normalized spacial score (nSPS) is 10.8. The van der Waals surface area contributed by atoms with Gasteiger partial charge in [-0.3, -0.25) is 4.79 Å². The van der Waals surface area contributed by atoms with Crippen molar-refractivity contribution in [1.29, 1.82) is 0 Å². The van der Waals surface area contributed by atoms with Crippen LogP contribution in [0.25, 0.3) is 10.9 Å². The van der Waals surface area contributed by atoms with Crippen molar-refractivity contribution in [2.24, 2.45) is 0 Å². The number of halogens is 1. The van der Waals surface area contributed by atoms with Crippen molar-refractivity contribution in [2.75, 3.05) is 0 Å². The van der Waals surface area contributed by atoms with Crippen LogP contribution in [-0.2, 0) is 6.42 Å². The van der Waals surface area contributed by atoms with Gasteiger partial charge >= 0.3 is 0 Å². The molecule has 78 valence electrons. The van der Waals surface area contributed by atoms with E-state index in [1.165, 1.54) is 0 Å². The van der Waals surface area contributed by atoms with E-state index in [0.29, 0.717) is 0 Å². The molecule has 2 rings (SSSR count). The Labute approximate surface area is 96.5 Å². The number of benzene rings is 1. The summed E-state index contributed by atoms with van der Waals surface area (Å²) >= 11 is 3.45. The van der Waals surface area contributed by atoms with E-state index < -0.39 is 0 Å². The predicted molar refractivity (Wildman–Crippen MR) is 66.3 cm³/mol. The van der Waals surface area contributed by atoms with Crippen molar-refractivity contribution in [3.8, 4) is 0 Å². The standard InChI is InChI=1S/C12H12BrNO/c1-2-4-8-7-11(15)9-5-3-6-10(13)12(9)14-8/h3,5-7H,2,4H2,1H3,(H,14,15). The van der Waals surface area contributed by atoms with Crippen molar-refractivity contribution in [3.63, 3.8) is 0 Å². The van der Waals surface area contributed by atoms with E-state index in [1.807, 2.05) is 18.2 Å². The minimum atomic E-state index is 0.0912. The minimum absolute atomic E-state index is 0.0912. The summed E-state index contributed by atoms with van der Waals surface area (Å²) in [4.78, 5) is 15.1. The van der Waals surface area contributed by atoms with E-state index in [2.05, 4.69) is 27.8 Å². The van der Waals surface area contributed by atoms with Crippen LogP contribution in [0.1, 0.15) is 19.0 Å². The number of H-pyrrole nitrogens is 1. The third-order valence-corrected chi connectivity index (χ3v) is 3.05. The molecule has 0 bridgehead atoms. The maximum absolute atomic E-state index is 11.8. The lowest BCUT2D eigenvalue weighted by Crippen LogP contribution is -2.05. The highest BCUT2D eigenvalue weighted by atomic mass is 79.9. The number of aryl methyl sites for hydroxylation is 1. The Bertz CT molecular complexity index is 545. The molecule has 0 amide bonds. The number of rotatable bonds is 2. The van der Waals surface area contributed by atoms with Crippen molar-refractivity contribution in [1.82, 2.24) is 4.98 Å². The summed E-state index contributed by atoms with van der Waals surface area (Å²) in [5, 5.41) is 0.740. The average molecular weight is 266 g/mol. The molecule has 0 radical (unpaired) electrons. The summed E-state index contributed by atoms with van der Waals surface area (Å²) < 4.78 is 0.940. The number of aromatic nitrogens is 1. The second-order valence-electron chi connectivity index (χ2n) is 3.57. The molecule has 0 aliphatic carbocycles.